The first kappa shape index (κ1) is 10.8. The lowest BCUT2D eigenvalue weighted by atomic mass is 10.2. The lowest BCUT2D eigenvalue weighted by molar-refractivity contribution is 0.150. The Morgan fingerprint density at radius 3 is 2.69 bits per heavy atom. The van der Waals surface area contributed by atoms with Gasteiger partial charge < -0.3 is 5.11 Å². The van der Waals surface area contributed by atoms with Crippen LogP contribution in [0.2, 0.25) is 5.02 Å². The van der Waals surface area contributed by atoms with Crippen molar-refractivity contribution in [1.29, 1.82) is 0 Å². The van der Waals surface area contributed by atoms with Gasteiger partial charge in [-0.25, -0.2) is 13.8 Å². The largest absolute Gasteiger partial charge is 0.392 e. The highest BCUT2D eigenvalue weighted by atomic mass is 79.9. The van der Waals surface area contributed by atoms with E-state index in [0.717, 1.165) is 6.20 Å². The van der Waals surface area contributed by atoms with E-state index in [-0.39, 0.29) is 20.8 Å². The highest BCUT2D eigenvalue weighted by Crippen LogP contribution is 2.32. The third kappa shape index (κ3) is 2.15. The van der Waals surface area contributed by atoms with Crippen molar-refractivity contribution in [3.63, 3.8) is 0 Å². The number of rotatable bonds is 2. The number of nitrogens with zero attached hydrogens (tertiary/aromatic N) is 1. The molecule has 0 fully saturated rings. The molecule has 1 rings (SSSR count). The molecule has 1 aromatic rings. The van der Waals surface area contributed by atoms with Gasteiger partial charge in [0.25, 0.3) is 6.43 Å². The molecule has 1 heterocycles. The molecule has 0 aliphatic heterocycles. The summed E-state index contributed by atoms with van der Waals surface area (Å²) in [5.74, 6) is 0. The highest BCUT2D eigenvalue weighted by Gasteiger charge is 2.17. The topological polar surface area (TPSA) is 33.1 Å². The normalized spacial score (nSPS) is 10.9. The predicted octanol–water partition coefficient (Wildman–Crippen LogP) is 2.93. The van der Waals surface area contributed by atoms with Crippen LogP contribution < -0.4 is 0 Å². The molecule has 6 heteroatoms. The smallest absolute Gasteiger partial charge is 0.266 e. The Morgan fingerprint density at radius 1 is 1.62 bits per heavy atom. The molecule has 0 saturated carbocycles. The minimum atomic E-state index is -2.68. The van der Waals surface area contributed by atoms with Crippen LogP contribution >= 0.6 is 27.5 Å². The van der Waals surface area contributed by atoms with Gasteiger partial charge in [0.1, 0.15) is 4.60 Å². The van der Waals surface area contributed by atoms with Gasteiger partial charge in [-0.1, -0.05) is 11.6 Å². The Balaban J connectivity index is 3.27. The second kappa shape index (κ2) is 4.30. The zero-order valence-corrected chi connectivity index (χ0v) is 8.61. The molecule has 0 aromatic carbocycles. The van der Waals surface area contributed by atoms with Gasteiger partial charge in [-0.15, -0.1) is 0 Å². The van der Waals surface area contributed by atoms with E-state index in [0.29, 0.717) is 0 Å². The van der Waals surface area contributed by atoms with Crippen LogP contribution in [0.4, 0.5) is 8.78 Å². The summed E-state index contributed by atoms with van der Waals surface area (Å²) in [5.41, 5.74) is -0.187. The summed E-state index contributed by atoms with van der Waals surface area (Å²) in [5, 5.41) is 8.67. The van der Waals surface area contributed by atoms with Crippen LogP contribution in [0, 0.1) is 0 Å². The van der Waals surface area contributed by atoms with Crippen molar-refractivity contribution in [1.82, 2.24) is 4.98 Å². The molecular formula is C7H5BrClF2NO. The van der Waals surface area contributed by atoms with E-state index in [2.05, 4.69) is 20.9 Å². The lowest BCUT2D eigenvalue weighted by Gasteiger charge is -2.07. The molecule has 0 aliphatic rings. The molecule has 1 N–H and O–H groups in total. The SMILES string of the molecule is OCc1c(Br)ncc(C(F)F)c1Cl. The maximum atomic E-state index is 12.3. The molecule has 0 amide bonds. The molecule has 72 valence electrons. The quantitative estimate of drug-likeness (QED) is 0.840. The minimum Gasteiger partial charge on any atom is -0.392 e. The van der Waals surface area contributed by atoms with Crippen LogP contribution in [-0.2, 0) is 6.61 Å². The zero-order valence-electron chi connectivity index (χ0n) is 6.27. The third-order valence-electron chi connectivity index (χ3n) is 1.48. The first-order valence-electron chi connectivity index (χ1n) is 3.29. The standard InChI is InChI=1S/C7H5BrClF2NO/c8-6-4(2-13)5(9)3(1-12-6)7(10)11/h1,7,13H,2H2. The van der Waals surface area contributed by atoms with E-state index in [1.165, 1.54) is 0 Å². The summed E-state index contributed by atoms with van der Waals surface area (Å²) in [4.78, 5) is 3.62. The Hall–Kier alpha value is -0.260. The van der Waals surface area contributed by atoms with Crippen LogP contribution in [-0.4, -0.2) is 10.1 Å². The summed E-state index contributed by atoms with van der Waals surface area (Å²) in [6.07, 6.45) is -1.70. The molecule has 0 spiro atoms. The molecule has 0 atom stereocenters. The highest BCUT2D eigenvalue weighted by molar-refractivity contribution is 9.10. The number of aromatic nitrogens is 1. The number of aliphatic hydroxyl groups is 1. The number of alkyl halides is 2. The number of hydrogen-bond acceptors (Lipinski definition) is 2. The number of pyridine rings is 1. The summed E-state index contributed by atoms with van der Waals surface area (Å²) < 4.78 is 24.8. The second-order valence-electron chi connectivity index (χ2n) is 2.26. The average molecular weight is 272 g/mol. The zero-order chi connectivity index (χ0) is 10.0. The van der Waals surface area contributed by atoms with Crippen molar-refractivity contribution >= 4 is 27.5 Å². The summed E-state index contributed by atoms with van der Waals surface area (Å²) in [7, 11) is 0. The van der Waals surface area contributed by atoms with Crippen molar-refractivity contribution in [2.75, 3.05) is 0 Å². The summed E-state index contributed by atoms with van der Waals surface area (Å²) in [6, 6.07) is 0. The van der Waals surface area contributed by atoms with Gasteiger partial charge in [0.2, 0.25) is 0 Å². The van der Waals surface area contributed by atoms with E-state index in [4.69, 9.17) is 16.7 Å². The van der Waals surface area contributed by atoms with Gasteiger partial charge in [0.05, 0.1) is 17.2 Å². The average Bonchev–Trinajstić information content (AvgIpc) is 2.04. The summed E-state index contributed by atoms with van der Waals surface area (Å²) >= 11 is 8.59. The Bertz CT molecular complexity index is 322. The fraction of sp³-hybridized carbons (Fsp3) is 0.286. The van der Waals surface area contributed by atoms with Gasteiger partial charge >= 0.3 is 0 Å². The van der Waals surface area contributed by atoms with Crippen LogP contribution in [0.1, 0.15) is 17.6 Å². The maximum absolute atomic E-state index is 12.3. The van der Waals surface area contributed by atoms with Crippen molar-refractivity contribution in [2.45, 2.75) is 13.0 Å². The lowest BCUT2D eigenvalue weighted by Crippen LogP contribution is -1.96. The van der Waals surface area contributed by atoms with Crippen LogP contribution in [0.25, 0.3) is 0 Å². The monoisotopic (exact) mass is 271 g/mol. The van der Waals surface area contributed by atoms with Gasteiger partial charge in [0, 0.05) is 11.8 Å². The molecule has 0 bridgehead atoms. The van der Waals surface area contributed by atoms with Gasteiger partial charge in [0.15, 0.2) is 0 Å². The van der Waals surface area contributed by atoms with Crippen LogP contribution in [0.3, 0.4) is 0 Å². The van der Waals surface area contributed by atoms with E-state index in [1.54, 1.807) is 0 Å². The molecule has 0 aliphatic carbocycles. The first-order chi connectivity index (χ1) is 6.07. The van der Waals surface area contributed by atoms with Crippen molar-refractivity contribution in [3.05, 3.63) is 26.9 Å². The Kier molecular flexibility index (Phi) is 3.58. The van der Waals surface area contributed by atoms with Gasteiger partial charge in [-0.3, -0.25) is 0 Å². The minimum absolute atomic E-state index is 0.139. The molecule has 2 nitrogen and oxygen atoms in total. The van der Waals surface area contributed by atoms with E-state index in [1.807, 2.05) is 0 Å². The maximum Gasteiger partial charge on any atom is 0.266 e. The van der Waals surface area contributed by atoms with Crippen molar-refractivity contribution < 1.29 is 13.9 Å². The number of halogens is 4. The molecule has 0 radical (unpaired) electrons. The third-order valence-corrected chi connectivity index (χ3v) is 2.61. The first-order valence-corrected chi connectivity index (χ1v) is 4.46. The fourth-order valence-electron chi connectivity index (χ4n) is 0.812. The molecule has 0 unspecified atom stereocenters. The van der Waals surface area contributed by atoms with Crippen LogP contribution in [0.5, 0.6) is 0 Å². The summed E-state index contributed by atoms with van der Waals surface area (Å²) in [6.45, 7) is -0.424. The molecule has 13 heavy (non-hydrogen) atoms. The Labute approximate surface area is 86.7 Å². The van der Waals surface area contributed by atoms with E-state index in [9.17, 15) is 8.78 Å². The van der Waals surface area contributed by atoms with Gasteiger partial charge in [-0.05, 0) is 15.9 Å². The molecule has 1 aromatic heterocycles. The van der Waals surface area contributed by atoms with Gasteiger partial charge in [-0.2, -0.15) is 0 Å². The van der Waals surface area contributed by atoms with Crippen molar-refractivity contribution in [2.24, 2.45) is 0 Å². The fourth-order valence-corrected chi connectivity index (χ4v) is 1.63. The van der Waals surface area contributed by atoms with E-state index >= 15 is 0 Å². The number of aliphatic hydroxyl groups excluding tert-OH is 1. The van der Waals surface area contributed by atoms with E-state index < -0.39 is 13.0 Å². The Morgan fingerprint density at radius 2 is 2.23 bits per heavy atom. The molecular weight excluding hydrogens is 267 g/mol. The predicted molar refractivity (Wildman–Crippen MR) is 47.8 cm³/mol. The van der Waals surface area contributed by atoms with Crippen LogP contribution in [0.15, 0.2) is 10.8 Å². The van der Waals surface area contributed by atoms with Crippen molar-refractivity contribution in [3.8, 4) is 0 Å². The second-order valence-corrected chi connectivity index (χ2v) is 3.38. The molecule has 0 saturated heterocycles. The number of hydrogen-bond donors (Lipinski definition) is 1.